The van der Waals surface area contributed by atoms with E-state index in [0.29, 0.717) is 12.5 Å². The minimum atomic E-state index is -0.440. The van der Waals surface area contributed by atoms with Gasteiger partial charge in [0.1, 0.15) is 11.6 Å². The summed E-state index contributed by atoms with van der Waals surface area (Å²) in [5.41, 5.74) is 0.221. The fourth-order valence-corrected chi connectivity index (χ4v) is 4.60. The van der Waals surface area contributed by atoms with Crippen molar-refractivity contribution in [3.05, 3.63) is 35.4 Å². The van der Waals surface area contributed by atoms with Crippen LogP contribution in [0.4, 0.5) is 8.78 Å². The maximum absolute atomic E-state index is 14.0. The van der Waals surface area contributed by atoms with Gasteiger partial charge in [0.05, 0.1) is 0 Å². The highest BCUT2D eigenvalue weighted by atomic mass is 127. The molecule has 0 spiro atoms. The van der Waals surface area contributed by atoms with Crippen molar-refractivity contribution in [2.24, 2.45) is 10.9 Å². The van der Waals surface area contributed by atoms with Crippen LogP contribution >= 0.6 is 24.0 Å². The zero-order chi connectivity index (χ0) is 18.8. The van der Waals surface area contributed by atoms with Crippen molar-refractivity contribution < 1.29 is 8.78 Å². The molecule has 1 N–H and O–H groups in total. The third-order valence-electron chi connectivity index (χ3n) is 6.08. The molecular weight excluding hydrogens is 473 g/mol. The monoisotopic (exact) mass is 504 g/mol. The molecule has 0 bridgehead atoms. The lowest BCUT2D eigenvalue weighted by atomic mass is 10.1. The van der Waals surface area contributed by atoms with E-state index in [1.54, 1.807) is 0 Å². The molecule has 156 valence electrons. The van der Waals surface area contributed by atoms with Crippen LogP contribution in [0.1, 0.15) is 44.1 Å². The minimum absolute atomic E-state index is 0. The lowest BCUT2D eigenvalue weighted by Crippen LogP contribution is -2.42. The maximum Gasteiger partial charge on any atom is 0.194 e. The highest BCUT2D eigenvalue weighted by Crippen LogP contribution is 2.43. The molecule has 2 aliphatic heterocycles. The van der Waals surface area contributed by atoms with Crippen LogP contribution in [-0.4, -0.2) is 61.1 Å². The number of halogens is 3. The van der Waals surface area contributed by atoms with Gasteiger partial charge in [0.15, 0.2) is 5.96 Å². The van der Waals surface area contributed by atoms with E-state index >= 15 is 0 Å². The van der Waals surface area contributed by atoms with E-state index in [9.17, 15) is 8.78 Å². The van der Waals surface area contributed by atoms with Gasteiger partial charge in [0.25, 0.3) is 0 Å². The van der Waals surface area contributed by atoms with Crippen molar-refractivity contribution in [3.8, 4) is 0 Å². The zero-order valence-corrected chi connectivity index (χ0v) is 18.9. The van der Waals surface area contributed by atoms with Gasteiger partial charge in [-0.1, -0.05) is 6.07 Å². The summed E-state index contributed by atoms with van der Waals surface area (Å²) in [5, 5.41) is 3.48. The van der Waals surface area contributed by atoms with Gasteiger partial charge < -0.3 is 15.1 Å². The number of nitrogens with one attached hydrogen (secondary N) is 1. The molecule has 1 saturated carbocycles. The number of aliphatic imine (C=N–C) groups is 1. The number of hydrogen-bond acceptors (Lipinski definition) is 2. The summed E-state index contributed by atoms with van der Waals surface area (Å²) in [4.78, 5) is 9.57. The van der Waals surface area contributed by atoms with Crippen molar-refractivity contribution in [2.45, 2.75) is 44.6 Å². The molecule has 2 saturated heterocycles. The Morgan fingerprint density at radius 3 is 2.57 bits per heavy atom. The van der Waals surface area contributed by atoms with Crippen molar-refractivity contribution in [1.29, 1.82) is 0 Å². The summed E-state index contributed by atoms with van der Waals surface area (Å²) < 4.78 is 28.1. The Hall–Kier alpha value is -0.960. The van der Waals surface area contributed by atoms with Crippen LogP contribution in [-0.2, 0) is 0 Å². The predicted molar refractivity (Wildman–Crippen MR) is 119 cm³/mol. The highest BCUT2D eigenvalue weighted by Gasteiger charge is 2.43. The average molecular weight is 504 g/mol. The maximum atomic E-state index is 14.0. The number of hydrogen-bond donors (Lipinski definition) is 1. The smallest absolute Gasteiger partial charge is 0.194 e. The largest absolute Gasteiger partial charge is 0.353 e. The van der Waals surface area contributed by atoms with Gasteiger partial charge in [-0.2, -0.15) is 0 Å². The Morgan fingerprint density at radius 2 is 1.89 bits per heavy atom. The van der Waals surface area contributed by atoms with E-state index in [1.165, 1.54) is 57.1 Å². The van der Waals surface area contributed by atoms with Crippen LogP contribution in [0.5, 0.6) is 0 Å². The normalized spacial score (nSPS) is 27.8. The third-order valence-corrected chi connectivity index (χ3v) is 6.08. The number of benzene rings is 1. The topological polar surface area (TPSA) is 30.9 Å². The molecule has 1 aliphatic carbocycles. The van der Waals surface area contributed by atoms with Crippen LogP contribution in [0.2, 0.25) is 0 Å². The molecule has 1 aromatic rings. The molecule has 3 aliphatic rings. The Kier molecular flexibility index (Phi) is 7.53. The summed E-state index contributed by atoms with van der Waals surface area (Å²) in [7, 11) is 0. The molecular formula is C21H31F2IN4. The predicted octanol–water partition coefficient (Wildman–Crippen LogP) is 3.82. The number of nitrogens with zero attached hydrogens (tertiary/aromatic N) is 3. The average Bonchev–Trinajstić information content (AvgIpc) is 3.03. The lowest BCUT2D eigenvalue weighted by Gasteiger charge is -2.24. The second-order valence-electron chi connectivity index (χ2n) is 8.13. The lowest BCUT2D eigenvalue weighted by molar-refractivity contribution is 0.281. The molecule has 2 heterocycles. The Bertz CT molecular complexity index is 673. The molecule has 7 heteroatoms. The van der Waals surface area contributed by atoms with E-state index < -0.39 is 11.6 Å². The number of guanidine groups is 1. The standard InChI is InChI=1S/C21H30F2N4.HI/c1-2-24-21(27-11-8-15(14-27)13-26-9-3-4-10-26)25-19-12-16(19)20-17(22)6-5-7-18(20)23;/h5-7,15-16,19H,2-4,8-14H2,1H3,(H,24,25);1H. The summed E-state index contributed by atoms with van der Waals surface area (Å²) in [6.07, 6.45) is 4.61. The quantitative estimate of drug-likeness (QED) is 0.376. The van der Waals surface area contributed by atoms with Crippen LogP contribution in [0.3, 0.4) is 0 Å². The van der Waals surface area contributed by atoms with Crippen molar-refractivity contribution >= 4 is 29.9 Å². The first-order valence-electron chi connectivity index (χ1n) is 10.4. The Morgan fingerprint density at radius 1 is 1.18 bits per heavy atom. The van der Waals surface area contributed by atoms with Crippen LogP contribution in [0, 0.1) is 17.6 Å². The third kappa shape index (κ3) is 4.96. The SMILES string of the molecule is CCN=C(NC1CC1c1c(F)cccc1F)N1CCC(CN2CCCC2)C1.I. The molecule has 3 unspecified atom stereocenters. The summed E-state index contributed by atoms with van der Waals surface area (Å²) in [5.74, 6) is 0.614. The van der Waals surface area contributed by atoms with Gasteiger partial charge in [0, 0.05) is 43.7 Å². The number of rotatable bonds is 5. The summed E-state index contributed by atoms with van der Waals surface area (Å²) in [6, 6.07) is 4.18. The van der Waals surface area contributed by atoms with Crippen molar-refractivity contribution in [3.63, 3.8) is 0 Å². The van der Waals surface area contributed by atoms with Gasteiger partial charge >= 0.3 is 0 Å². The van der Waals surface area contributed by atoms with E-state index in [2.05, 4.69) is 20.1 Å². The molecule has 4 rings (SSSR count). The van der Waals surface area contributed by atoms with E-state index in [-0.39, 0.29) is 41.5 Å². The molecule has 0 aromatic heterocycles. The Labute approximate surface area is 183 Å². The molecule has 4 nitrogen and oxygen atoms in total. The van der Waals surface area contributed by atoms with Crippen molar-refractivity contribution in [1.82, 2.24) is 15.1 Å². The van der Waals surface area contributed by atoms with Gasteiger partial charge in [-0.05, 0) is 63.7 Å². The van der Waals surface area contributed by atoms with Crippen LogP contribution < -0.4 is 5.32 Å². The van der Waals surface area contributed by atoms with Gasteiger partial charge in [-0.3, -0.25) is 4.99 Å². The summed E-state index contributed by atoms with van der Waals surface area (Å²) in [6.45, 7) is 8.43. The molecule has 3 atom stereocenters. The zero-order valence-electron chi connectivity index (χ0n) is 16.5. The first-order valence-corrected chi connectivity index (χ1v) is 10.4. The van der Waals surface area contributed by atoms with Gasteiger partial charge in [-0.15, -0.1) is 24.0 Å². The van der Waals surface area contributed by atoms with Gasteiger partial charge in [-0.25, -0.2) is 8.78 Å². The fraction of sp³-hybridized carbons (Fsp3) is 0.667. The van der Waals surface area contributed by atoms with Crippen LogP contribution in [0.15, 0.2) is 23.2 Å². The molecule has 1 aromatic carbocycles. The second-order valence-corrected chi connectivity index (χ2v) is 8.13. The first-order chi connectivity index (χ1) is 13.2. The molecule has 3 fully saturated rings. The molecule has 28 heavy (non-hydrogen) atoms. The second kappa shape index (κ2) is 9.69. The molecule has 0 amide bonds. The van der Waals surface area contributed by atoms with Crippen LogP contribution in [0.25, 0.3) is 0 Å². The van der Waals surface area contributed by atoms with Crippen molar-refractivity contribution in [2.75, 3.05) is 39.3 Å². The fourth-order valence-electron chi connectivity index (χ4n) is 4.60. The molecule has 0 radical (unpaired) electrons. The Balaban J connectivity index is 0.00000225. The van der Waals surface area contributed by atoms with E-state index in [1.807, 2.05) is 6.92 Å². The van der Waals surface area contributed by atoms with E-state index in [0.717, 1.165) is 25.5 Å². The first kappa shape index (κ1) is 21.7. The highest BCUT2D eigenvalue weighted by molar-refractivity contribution is 14.0. The van der Waals surface area contributed by atoms with E-state index in [4.69, 9.17) is 0 Å². The number of likely N-dealkylation sites (tertiary alicyclic amines) is 2. The van der Waals surface area contributed by atoms with Gasteiger partial charge in [0.2, 0.25) is 0 Å². The minimum Gasteiger partial charge on any atom is -0.353 e. The summed E-state index contributed by atoms with van der Waals surface area (Å²) >= 11 is 0.